The minimum atomic E-state index is 0.431. The Bertz CT molecular complexity index is 740. The quantitative estimate of drug-likeness (QED) is 0.734. The van der Waals surface area contributed by atoms with Crippen molar-refractivity contribution < 1.29 is 4.57 Å². The molecular weight excluding hydrogens is 306 g/mol. The maximum absolute atomic E-state index is 8.85. The number of nitrogens with zero attached hydrogens (tertiary/aromatic N) is 5. The summed E-state index contributed by atoms with van der Waals surface area (Å²) in [4.78, 5) is 2.08. The zero-order valence-electron chi connectivity index (χ0n) is 12.6. The molecule has 5 nitrogen and oxygen atoms in total. The van der Waals surface area contributed by atoms with Crippen molar-refractivity contribution in [3.05, 3.63) is 47.0 Å². The van der Waals surface area contributed by atoms with E-state index < -0.39 is 0 Å². The van der Waals surface area contributed by atoms with Gasteiger partial charge in [0.2, 0.25) is 0 Å². The standard InChI is InChI=1S/C17H16N5S/c18-7-1-9-21(10-2-8-19)17-22(11-12-23-17)14-16-5-3-15(13-20)4-6-16/h3-6,11-12H,1-2,9-10,14H2/q+1. The van der Waals surface area contributed by atoms with Crippen molar-refractivity contribution >= 4 is 16.5 Å². The van der Waals surface area contributed by atoms with Crippen LogP contribution in [0.5, 0.6) is 0 Å². The Kier molecular flexibility index (Phi) is 6.12. The molecule has 0 radical (unpaired) electrons. The number of hydrogen-bond donors (Lipinski definition) is 0. The molecule has 0 aliphatic rings. The molecule has 0 atom stereocenters. The summed E-state index contributed by atoms with van der Waals surface area (Å²) in [7, 11) is 0. The molecule has 0 unspecified atom stereocenters. The first-order valence-electron chi connectivity index (χ1n) is 7.23. The first-order chi connectivity index (χ1) is 11.3. The van der Waals surface area contributed by atoms with Gasteiger partial charge in [-0.15, -0.1) is 0 Å². The fraction of sp³-hybridized carbons (Fsp3) is 0.294. The SMILES string of the molecule is N#CCCN(CCC#N)c1scc[n+]1Cc1ccc(C#N)cc1. The Morgan fingerprint density at radius 3 is 2.22 bits per heavy atom. The molecule has 0 aliphatic heterocycles. The Morgan fingerprint density at radius 1 is 1.00 bits per heavy atom. The summed E-state index contributed by atoms with van der Waals surface area (Å²) in [5.74, 6) is 0. The van der Waals surface area contributed by atoms with Gasteiger partial charge in [0.05, 0.1) is 49.7 Å². The van der Waals surface area contributed by atoms with Gasteiger partial charge in [-0.1, -0.05) is 23.5 Å². The van der Waals surface area contributed by atoms with Gasteiger partial charge in [-0.05, 0) is 17.7 Å². The van der Waals surface area contributed by atoms with Gasteiger partial charge in [-0.3, -0.25) is 4.90 Å². The van der Waals surface area contributed by atoms with Crippen molar-refractivity contribution in [2.75, 3.05) is 18.0 Å². The molecular formula is C17H16N5S+. The predicted octanol–water partition coefficient (Wildman–Crippen LogP) is 2.59. The molecule has 2 aromatic rings. The molecule has 114 valence electrons. The van der Waals surface area contributed by atoms with Gasteiger partial charge in [0.25, 0.3) is 0 Å². The summed E-state index contributed by atoms with van der Waals surface area (Å²) in [5.41, 5.74) is 1.75. The van der Waals surface area contributed by atoms with E-state index in [9.17, 15) is 0 Å². The third kappa shape index (κ3) is 4.54. The van der Waals surface area contributed by atoms with Crippen molar-refractivity contribution in [3.8, 4) is 18.2 Å². The zero-order valence-corrected chi connectivity index (χ0v) is 13.5. The normalized spacial score (nSPS) is 9.61. The zero-order chi connectivity index (χ0) is 16.5. The highest BCUT2D eigenvalue weighted by Crippen LogP contribution is 2.17. The van der Waals surface area contributed by atoms with Crippen LogP contribution in [0, 0.1) is 34.0 Å². The molecule has 6 heteroatoms. The number of hydrogen-bond acceptors (Lipinski definition) is 5. The Hall–Kier alpha value is -2.88. The average molecular weight is 322 g/mol. The van der Waals surface area contributed by atoms with Crippen LogP contribution in [0.3, 0.4) is 0 Å². The smallest absolute Gasteiger partial charge is 0.250 e. The molecule has 0 N–H and O–H groups in total. The largest absolute Gasteiger partial charge is 0.336 e. The second-order valence-corrected chi connectivity index (χ2v) is 5.80. The third-order valence-corrected chi connectivity index (χ3v) is 4.31. The molecule has 1 aromatic carbocycles. The van der Waals surface area contributed by atoms with E-state index in [1.54, 1.807) is 11.3 Å². The number of nitriles is 3. The number of benzene rings is 1. The van der Waals surface area contributed by atoms with E-state index in [4.69, 9.17) is 15.8 Å². The third-order valence-electron chi connectivity index (χ3n) is 3.35. The highest BCUT2D eigenvalue weighted by Gasteiger charge is 2.20. The van der Waals surface area contributed by atoms with E-state index in [2.05, 4.69) is 27.7 Å². The fourth-order valence-corrected chi connectivity index (χ4v) is 3.15. The first-order valence-corrected chi connectivity index (χ1v) is 8.11. The van der Waals surface area contributed by atoms with Crippen molar-refractivity contribution in [2.45, 2.75) is 19.4 Å². The average Bonchev–Trinajstić information content (AvgIpc) is 3.04. The van der Waals surface area contributed by atoms with Gasteiger partial charge in [-0.25, -0.2) is 4.57 Å². The van der Waals surface area contributed by atoms with E-state index in [1.165, 1.54) is 0 Å². The highest BCUT2D eigenvalue weighted by molar-refractivity contribution is 7.13. The van der Waals surface area contributed by atoms with Crippen LogP contribution in [0.15, 0.2) is 35.8 Å². The van der Waals surface area contributed by atoms with Crippen LogP contribution in [0.1, 0.15) is 24.0 Å². The van der Waals surface area contributed by atoms with Crippen LogP contribution in [0.4, 0.5) is 5.13 Å². The Balaban J connectivity index is 2.17. The van der Waals surface area contributed by atoms with Gasteiger partial charge in [-0.2, -0.15) is 15.8 Å². The Morgan fingerprint density at radius 2 is 1.65 bits per heavy atom. The van der Waals surface area contributed by atoms with Gasteiger partial charge in [0.15, 0.2) is 0 Å². The molecule has 0 fully saturated rings. The fourth-order valence-electron chi connectivity index (χ4n) is 2.23. The van der Waals surface area contributed by atoms with E-state index >= 15 is 0 Å². The summed E-state index contributed by atoms with van der Waals surface area (Å²) in [6, 6.07) is 13.9. The van der Waals surface area contributed by atoms with Crippen molar-refractivity contribution in [1.82, 2.24) is 0 Å². The summed E-state index contributed by atoms with van der Waals surface area (Å²) in [5, 5.41) is 29.5. The van der Waals surface area contributed by atoms with Gasteiger partial charge < -0.3 is 0 Å². The van der Waals surface area contributed by atoms with E-state index in [0.29, 0.717) is 38.0 Å². The van der Waals surface area contributed by atoms with E-state index in [1.807, 2.05) is 35.8 Å². The number of anilines is 1. The molecule has 0 aliphatic carbocycles. The van der Waals surface area contributed by atoms with Gasteiger partial charge in [0.1, 0.15) is 12.7 Å². The van der Waals surface area contributed by atoms with Crippen LogP contribution in [0.2, 0.25) is 0 Å². The van der Waals surface area contributed by atoms with Gasteiger partial charge in [0, 0.05) is 5.38 Å². The highest BCUT2D eigenvalue weighted by atomic mass is 32.1. The lowest BCUT2D eigenvalue weighted by Gasteiger charge is -2.14. The van der Waals surface area contributed by atoms with Crippen molar-refractivity contribution in [2.24, 2.45) is 0 Å². The lowest BCUT2D eigenvalue weighted by Crippen LogP contribution is -2.41. The molecule has 1 heterocycles. The van der Waals surface area contributed by atoms with Crippen LogP contribution < -0.4 is 9.47 Å². The van der Waals surface area contributed by atoms with Crippen LogP contribution in [-0.2, 0) is 6.54 Å². The summed E-state index contributed by atoms with van der Waals surface area (Å²) in [6.07, 6.45) is 2.87. The lowest BCUT2D eigenvalue weighted by molar-refractivity contribution is -0.671. The Labute approximate surface area is 139 Å². The van der Waals surface area contributed by atoms with Gasteiger partial charge >= 0.3 is 5.13 Å². The summed E-state index contributed by atoms with van der Waals surface area (Å²) in [6.45, 7) is 1.93. The maximum Gasteiger partial charge on any atom is 0.336 e. The molecule has 0 saturated carbocycles. The molecule has 0 bridgehead atoms. The molecule has 2 rings (SSSR count). The van der Waals surface area contributed by atoms with E-state index in [0.717, 1.165) is 10.7 Å². The van der Waals surface area contributed by atoms with E-state index in [-0.39, 0.29) is 0 Å². The first kappa shape index (κ1) is 16.5. The summed E-state index contributed by atoms with van der Waals surface area (Å²) < 4.78 is 2.11. The molecule has 0 saturated heterocycles. The monoisotopic (exact) mass is 322 g/mol. The maximum atomic E-state index is 8.85. The number of rotatable bonds is 7. The molecule has 0 spiro atoms. The van der Waals surface area contributed by atoms with Crippen LogP contribution >= 0.6 is 11.3 Å². The van der Waals surface area contributed by atoms with Crippen LogP contribution in [0.25, 0.3) is 0 Å². The topological polar surface area (TPSA) is 78.5 Å². The molecule has 1 aromatic heterocycles. The second-order valence-electron chi connectivity index (χ2n) is 4.93. The molecule has 23 heavy (non-hydrogen) atoms. The number of aromatic nitrogens is 1. The summed E-state index contributed by atoms with van der Waals surface area (Å²) >= 11 is 1.60. The molecule has 0 amide bonds. The predicted molar refractivity (Wildman–Crippen MR) is 87.4 cm³/mol. The minimum absolute atomic E-state index is 0.431. The lowest BCUT2D eigenvalue weighted by atomic mass is 10.1. The van der Waals surface area contributed by atoms with Crippen LogP contribution in [-0.4, -0.2) is 13.1 Å². The van der Waals surface area contributed by atoms with Crippen molar-refractivity contribution in [1.29, 1.82) is 15.8 Å². The minimum Gasteiger partial charge on any atom is -0.250 e. The van der Waals surface area contributed by atoms with Crippen molar-refractivity contribution in [3.63, 3.8) is 0 Å². The number of thiazole rings is 1. The second kappa shape index (κ2) is 8.54.